The number of hydrogen-bond acceptors (Lipinski definition) is 2. The summed E-state index contributed by atoms with van der Waals surface area (Å²) in [4.78, 5) is 12.2. The quantitative estimate of drug-likeness (QED) is 0.729. The summed E-state index contributed by atoms with van der Waals surface area (Å²) in [6.45, 7) is 6.61. The van der Waals surface area contributed by atoms with Crippen LogP contribution in [-0.4, -0.2) is 17.0 Å². The van der Waals surface area contributed by atoms with E-state index >= 15 is 0 Å². The molecule has 0 aromatic rings. The Morgan fingerprint density at radius 3 is 2.70 bits per heavy atom. The molecule has 4 aliphatic rings. The molecule has 0 radical (unpaired) electrons. The highest BCUT2D eigenvalue weighted by Gasteiger charge is 2.56. The molecule has 0 aromatic heterocycles. The van der Waals surface area contributed by atoms with Crippen molar-refractivity contribution in [3.63, 3.8) is 0 Å². The van der Waals surface area contributed by atoms with E-state index in [1.165, 1.54) is 32.1 Å². The van der Waals surface area contributed by atoms with Crippen LogP contribution in [0.4, 0.5) is 0 Å². The lowest BCUT2D eigenvalue weighted by atomic mass is 9.49. The molecular formula is C21H32O2. The lowest BCUT2D eigenvalue weighted by Crippen LogP contribution is -2.48. The summed E-state index contributed by atoms with van der Waals surface area (Å²) < 4.78 is 0. The van der Waals surface area contributed by atoms with Crippen molar-refractivity contribution < 1.29 is 9.90 Å². The highest BCUT2D eigenvalue weighted by Crippen LogP contribution is 2.63. The standard InChI is InChI=1S/C21H32O2/c1-12-10-18-16-5-4-14-11-15(23)8-9-21(14,3)19(16)7-6-17(18)20(12)13(2)22/h11-12,15-20,23H,4-10H2,1-3H3/t12-,15?,16?,17?,18?,19?,20?,21?/m0/s1. The Morgan fingerprint density at radius 2 is 1.96 bits per heavy atom. The summed E-state index contributed by atoms with van der Waals surface area (Å²) in [5, 5.41) is 10.0. The number of aliphatic hydroxyl groups excluding tert-OH is 1. The van der Waals surface area contributed by atoms with Gasteiger partial charge < -0.3 is 5.11 Å². The van der Waals surface area contributed by atoms with Crippen LogP contribution in [0.1, 0.15) is 65.7 Å². The number of allylic oxidation sites excluding steroid dienone is 1. The van der Waals surface area contributed by atoms with E-state index in [1.807, 2.05) is 6.92 Å². The maximum absolute atomic E-state index is 12.2. The van der Waals surface area contributed by atoms with Gasteiger partial charge in [0.2, 0.25) is 0 Å². The number of fused-ring (bicyclic) bond motifs is 5. The van der Waals surface area contributed by atoms with Crippen molar-refractivity contribution in [3.8, 4) is 0 Å². The second-order valence-corrected chi connectivity index (χ2v) is 9.28. The average molecular weight is 316 g/mol. The predicted molar refractivity (Wildman–Crippen MR) is 91.8 cm³/mol. The van der Waals surface area contributed by atoms with Crippen molar-refractivity contribution in [2.24, 2.45) is 40.9 Å². The lowest BCUT2D eigenvalue weighted by molar-refractivity contribution is -0.124. The Morgan fingerprint density at radius 1 is 1.17 bits per heavy atom. The van der Waals surface area contributed by atoms with Gasteiger partial charge in [-0.2, -0.15) is 0 Å². The summed E-state index contributed by atoms with van der Waals surface area (Å²) in [5.41, 5.74) is 1.87. The van der Waals surface area contributed by atoms with E-state index in [4.69, 9.17) is 0 Å². The van der Waals surface area contributed by atoms with Gasteiger partial charge in [-0.25, -0.2) is 0 Å². The second kappa shape index (κ2) is 5.44. The summed E-state index contributed by atoms with van der Waals surface area (Å²) >= 11 is 0. The molecule has 2 nitrogen and oxygen atoms in total. The van der Waals surface area contributed by atoms with Crippen LogP contribution in [0.3, 0.4) is 0 Å². The van der Waals surface area contributed by atoms with Crippen LogP contribution < -0.4 is 0 Å². The normalized spacial score (nSPS) is 52.2. The Balaban J connectivity index is 1.63. The monoisotopic (exact) mass is 316 g/mol. The molecule has 23 heavy (non-hydrogen) atoms. The van der Waals surface area contributed by atoms with Crippen LogP contribution in [-0.2, 0) is 4.79 Å². The van der Waals surface area contributed by atoms with Crippen molar-refractivity contribution in [2.75, 3.05) is 0 Å². The minimum absolute atomic E-state index is 0.209. The molecule has 0 aliphatic heterocycles. The molecule has 1 N–H and O–H groups in total. The third kappa shape index (κ3) is 2.27. The third-order valence-electron chi connectivity index (χ3n) is 8.27. The zero-order chi connectivity index (χ0) is 16.4. The smallest absolute Gasteiger partial charge is 0.133 e. The van der Waals surface area contributed by atoms with Gasteiger partial charge in [0.1, 0.15) is 5.78 Å². The van der Waals surface area contributed by atoms with Gasteiger partial charge in [0, 0.05) is 5.92 Å². The van der Waals surface area contributed by atoms with Gasteiger partial charge in [0.15, 0.2) is 0 Å². The van der Waals surface area contributed by atoms with Gasteiger partial charge >= 0.3 is 0 Å². The fourth-order valence-corrected chi connectivity index (χ4v) is 7.35. The molecule has 3 saturated carbocycles. The largest absolute Gasteiger partial charge is 0.389 e. The zero-order valence-corrected chi connectivity index (χ0v) is 14.9. The lowest BCUT2D eigenvalue weighted by Gasteiger charge is -2.55. The van der Waals surface area contributed by atoms with Crippen molar-refractivity contribution in [1.29, 1.82) is 0 Å². The predicted octanol–water partition coefficient (Wildman–Crippen LogP) is 4.37. The van der Waals surface area contributed by atoms with Crippen LogP contribution in [0.15, 0.2) is 11.6 Å². The van der Waals surface area contributed by atoms with Gasteiger partial charge in [-0.05, 0) is 86.9 Å². The first-order valence-corrected chi connectivity index (χ1v) is 9.81. The molecule has 128 valence electrons. The summed E-state index contributed by atoms with van der Waals surface area (Å²) in [5.74, 6) is 4.40. The van der Waals surface area contributed by atoms with E-state index in [0.29, 0.717) is 29.0 Å². The van der Waals surface area contributed by atoms with Crippen molar-refractivity contribution in [1.82, 2.24) is 0 Å². The highest BCUT2D eigenvalue weighted by molar-refractivity contribution is 5.79. The third-order valence-corrected chi connectivity index (χ3v) is 8.27. The molecule has 3 fully saturated rings. The van der Waals surface area contributed by atoms with Gasteiger partial charge in [0.05, 0.1) is 6.10 Å². The van der Waals surface area contributed by atoms with Crippen LogP contribution in [0.2, 0.25) is 0 Å². The number of carbonyl (C=O) groups is 1. The number of hydrogen-bond donors (Lipinski definition) is 1. The number of aliphatic hydroxyl groups is 1. The van der Waals surface area contributed by atoms with Crippen molar-refractivity contribution in [2.45, 2.75) is 71.8 Å². The first kappa shape index (κ1) is 15.9. The van der Waals surface area contributed by atoms with Crippen LogP contribution in [0, 0.1) is 40.9 Å². The van der Waals surface area contributed by atoms with Gasteiger partial charge in [-0.3, -0.25) is 4.79 Å². The van der Waals surface area contributed by atoms with E-state index < -0.39 is 0 Å². The zero-order valence-electron chi connectivity index (χ0n) is 14.9. The molecule has 7 unspecified atom stereocenters. The molecule has 0 spiro atoms. The molecular weight excluding hydrogens is 284 g/mol. The number of ketones is 1. The molecule has 0 amide bonds. The number of Topliss-reactive ketones (excluding diaryl/α,β-unsaturated/α-hetero) is 1. The maximum atomic E-state index is 12.2. The highest BCUT2D eigenvalue weighted by atomic mass is 16.3. The first-order chi connectivity index (χ1) is 10.9. The van der Waals surface area contributed by atoms with E-state index in [1.54, 1.807) is 5.57 Å². The maximum Gasteiger partial charge on any atom is 0.133 e. The van der Waals surface area contributed by atoms with E-state index in [-0.39, 0.29) is 6.10 Å². The molecule has 0 heterocycles. The SMILES string of the molecule is CC(=O)C1C2CCC3C(CCC4=CC(O)CCC43C)C2C[C@@H]1C. The van der Waals surface area contributed by atoms with Crippen LogP contribution >= 0.6 is 0 Å². The topological polar surface area (TPSA) is 37.3 Å². The summed E-state index contributed by atoms with van der Waals surface area (Å²) in [6.07, 6.45) is 10.4. The molecule has 4 rings (SSSR count). The second-order valence-electron chi connectivity index (χ2n) is 9.28. The van der Waals surface area contributed by atoms with Gasteiger partial charge in [0.25, 0.3) is 0 Å². The Labute approximate surface area is 140 Å². The van der Waals surface area contributed by atoms with Gasteiger partial charge in [-0.15, -0.1) is 0 Å². The Bertz CT molecular complexity index is 536. The molecule has 2 heteroatoms. The minimum Gasteiger partial charge on any atom is -0.389 e. The fourth-order valence-electron chi connectivity index (χ4n) is 7.35. The molecule has 0 aromatic carbocycles. The van der Waals surface area contributed by atoms with Crippen molar-refractivity contribution in [3.05, 3.63) is 11.6 Å². The molecule has 8 atom stereocenters. The van der Waals surface area contributed by atoms with E-state index in [9.17, 15) is 9.90 Å². The van der Waals surface area contributed by atoms with Gasteiger partial charge in [-0.1, -0.05) is 25.5 Å². The summed E-state index contributed by atoms with van der Waals surface area (Å²) in [6, 6.07) is 0. The number of carbonyl (C=O) groups excluding carboxylic acids is 1. The molecule has 4 aliphatic carbocycles. The fraction of sp³-hybridized carbons (Fsp3) is 0.857. The minimum atomic E-state index is -0.209. The van der Waals surface area contributed by atoms with E-state index in [0.717, 1.165) is 30.6 Å². The first-order valence-electron chi connectivity index (χ1n) is 9.81. The van der Waals surface area contributed by atoms with E-state index in [2.05, 4.69) is 19.9 Å². The van der Waals surface area contributed by atoms with Crippen molar-refractivity contribution >= 4 is 5.78 Å². The summed E-state index contributed by atoms with van der Waals surface area (Å²) in [7, 11) is 0. The molecule has 0 saturated heterocycles. The van der Waals surface area contributed by atoms with Crippen LogP contribution in [0.5, 0.6) is 0 Å². The average Bonchev–Trinajstić information content (AvgIpc) is 2.84. The Kier molecular flexibility index (Phi) is 3.75. The molecule has 0 bridgehead atoms. The Hall–Kier alpha value is -0.630. The number of rotatable bonds is 1. The van der Waals surface area contributed by atoms with Crippen LogP contribution in [0.25, 0.3) is 0 Å².